The lowest BCUT2D eigenvalue weighted by molar-refractivity contribution is -0.129. The number of hydrogen-bond acceptors (Lipinski definition) is 7. The first-order valence-corrected chi connectivity index (χ1v) is 7.21. The molecule has 0 saturated carbocycles. The van der Waals surface area contributed by atoms with Gasteiger partial charge in [0.05, 0.1) is 26.0 Å². The Hall–Kier alpha value is -2.81. The van der Waals surface area contributed by atoms with Gasteiger partial charge in [0.25, 0.3) is 0 Å². The standard InChI is InChI=1S/C15H21N3O6/c1-23-12-7-10(19)8-13(24-2)11(12)9-16-17-14(20)5-3-4-6-15(21)18-22/h7-9,19,22H,3-6H2,1-2H3,(H,17,20)(H,18,21)/b16-9+. The third-order valence-corrected chi connectivity index (χ3v) is 3.09. The molecule has 0 unspecified atom stereocenters. The molecular formula is C15H21N3O6. The zero-order chi connectivity index (χ0) is 17.9. The molecule has 1 aromatic rings. The number of hydrazone groups is 1. The highest BCUT2D eigenvalue weighted by molar-refractivity contribution is 5.89. The van der Waals surface area contributed by atoms with Crippen LogP contribution in [0.4, 0.5) is 0 Å². The lowest BCUT2D eigenvalue weighted by Gasteiger charge is -2.10. The fourth-order valence-electron chi connectivity index (χ4n) is 1.90. The van der Waals surface area contributed by atoms with Crippen molar-refractivity contribution in [1.82, 2.24) is 10.9 Å². The molecule has 0 fully saturated rings. The summed E-state index contributed by atoms with van der Waals surface area (Å²) in [7, 11) is 2.87. The first-order valence-electron chi connectivity index (χ1n) is 7.21. The molecule has 0 radical (unpaired) electrons. The Kier molecular flexibility index (Phi) is 8.06. The minimum atomic E-state index is -0.486. The summed E-state index contributed by atoms with van der Waals surface area (Å²) in [5.41, 5.74) is 4.35. The summed E-state index contributed by atoms with van der Waals surface area (Å²) in [6.07, 6.45) is 2.66. The maximum Gasteiger partial charge on any atom is 0.243 e. The lowest BCUT2D eigenvalue weighted by atomic mass is 10.2. The predicted molar refractivity (Wildman–Crippen MR) is 85.3 cm³/mol. The molecule has 0 atom stereocenters. The van der Waals surface area contributed by atoms with Crippen molar-refractivity contribution in [2.24, 2.45) is 5.10 Å². The van der Waals surface area contributed by atoms with Crippen LogP contribution in [0, 0.1) is 0 Å². The van der Waals surface area contributed by atoms with E-state index in [1.807, 2.05) is 0 Å². The first kappa shape index (κ1) is 19.2. The largest absolute Gasteiger partial charge is 0.508 e. The van der Waals surface area contributed by atoms with Crippen LogP contribution in [0.5, 0.6) is 17.2 Å². The number of rotatable bonds is 9. The van der Waals surface area contributed by atoms with Crippen molar-refractivity contribution in [2.75, 3.05) is 14.2 Å². The van der Waals surface area contributed by atoms with Crippen LogP contribution in [0.2, 0.25) is 0 Å². The summed E-state index contributed by atoms with van der Waals surface area (Å²) in [5.74, 6) is -0.121. The number of nitrogens with one attached hydrogen (secondary N) is 2. The molecular weight excluding hydrogens is 318 g/mol. The Balaban J connectivity index is 2.55. The number of hydrogen-bond donors (Lipinski definition) is 4. The van der Waals surface area contributed by atoms with Gasteiger partial charge in [-0.05, 0) is 12.8 Å². The maximum atomic E-state index is 11.6. The van der Waals surface area contributed by atoms with Crippen LogP contribution < -0.4 is 20.4 Å². The number of ether oxygens (including phenoxy) is 2. The van der Waals surface area contributed by atoms with Gasteiger partial charge in [0, 0.05) is 25.0 Å². The van der Waals surface area contributed by atoms with Crippen LogP contribution >= 0.6 is 0 Å². The van der Waals surface area contributed by atoms with Crippen molar-refractivity contribution in [2.45, 2.75) is 25.7 Å². The van der Waals surface area contributed by atoms with Gasteiger partial charge in [-0.2, -0.15) is 5.10 Å². The second-order valence-corrected chi connectivity index (χ2v) is 4.80. The summed E-state index contributed by atoms with van der Waals surface area (Å²) in [4.78, 5) is 22.4. The van der Waals surface area contributed by atoms with Crippen LogP contribution in [-0.4, -0.2) is 42.6 Å². The van der Waals surface area contributed by atoms with E-state index in [0.717, 1.165) is 0 Å². The van der Waals surface area contributed by atoms with E-state index in [1.54, 1.807) is 0 Å². The molecule has 0 aromatic heterocycles. The van der Waals surface area contributed by atoms with Gasteiger partial charge in [0.15, 0.2) is 0 Å². The smallest absolute Gasteiger partial charge is 0.243 e. The average molecular weight is 339 g/mol. The number of carbonyl (C=O) groups is 2. The van der Waals surface area contributed by atoms with Gasteiger partial charge >= 0.3 is 0 Å². The minimum absolute atomic E-state index is 0.0169. The van der Waals surface area contributed by atoms with Crippen molar-refractivity contribution in [3.8, 4) is 17.2 Å². The number of nitrogens with zero attached hydrogens (tertiary/aromatic N) is 1. The molecule has 132 valence electrons. The molecule has 9 nitrogen and oxygen atoms in total. The molecule has 0 saturated heterocycles. The summed E-state index contributed by atoms with van der Waals surface area (Å²) >= 11 is 0. The van der Waals surface area contributed by atoms with Crippen LogP contribution in [0.25, 0.3) is 0 Å². The molecule has 0 spiro atoms. The molecule has 0 aliphatic heterocycles. The molecule has 0 aliphatic carbocycles. The molecule has 2 amide bonds. The van der Waals surface area contributed by atoms with E-state index in [-0.39, 0.29) is 24.5 Å². The fraction of sp³-hybridized carbons (Fsp3) is 0.400. The molecule has 1 aromatic carbocycles. The van der Waals surface area contributed by atoms with E-state index >= 15 is 0 Å². The number of methoxy groups -OCH3 is 2. The molecule has 0 aliphatic rings. The fourth-order valence-corrected chi connectivity index (χ4v) is 1.90. The highest BCUT2D eigenvalue weighted by Crippen LogP contribution is 2.31. The minimum Gasteiger partial charge on any atom is -0.508 e. The monoisotopic (exact) mass is 339 g/mol. The molecule has 1 rings (SSSR count). The number of benzene rings is 1. The Bertz CT molecular complexity index is 578. The normalized spacial score (nSPS) is 10.5. The number of unbranched alkanes of at least 4 members (excludes halogenated alkanes) is 1. The zero-order valence-electron chi connectivity index (χ0n) is 13.5. The molecule has 4 N–H and O–H groups in total. The van der Waals surface area contributed by atoms with Gasteiger partial charge in [-0.15, -0.1) is 0 Å². The van der Waals surface area contributed by atoms with E-state index in [2.05, 4.69) is 10.5 Å². The Morgan fingerprint density at radius 3 is 2.17 bits per heavy atom. The average Bonchev–Trinajstić information content (AvgIpc) is 2.58. The van der Waals surface area contributed by atoms with Crippen molar-refractivity contribution in [1.29, 1.82) is 0 Å². The van der Waals surface area contributed by atoms with Crippen LogP contribution in [0.3, 0.4) is 0 Å². The second-order valence-electron chi connectivity index (χ2n) is 4.80. The van der Waals surface area contributed by atoms with Crippen LogP contribution in [0.15, 0.2) is 17.2 Å². The van der Waals surface area contributed by atoms with Gasteiger partial charge in [-0.1, -0.05) is 0 Å². The highest BCUT2D eigenvalue weighted by atomic mass is 16.5. The van der Waals surface area contributed by atoms with Gasteiger partial charge in [0.2, 0.25) is 11.8 Å². The molecule has 9 heteroatoms. The third kappa shape index (κ3) is 6.13. The maximum absolute atomic E-state index is 11.6. The number of phenols is 1. The number of hydroxylamine groups is 1. The number of carbonyl (C=O) groups excluding carboxylic acids is 2. The molecule has 0 heterocycles. The summed E-state index contributed by atoms with van der Waals surface area (Å²) in [5, 5.41) is 21.7. The molecule has 0 bridgehead atoms. The Morgan fingerprint density at radius 2 is 1.67 bits per heavy atom. The van der Waals surface area contributed by atoms with Crippen LogP contribution in [-0.2, 0) is 9.59 Å². The predicted octanol–water partition coefficient (Wildman–Crippen LogP) is 0.925. The van der Waals surface area contributed by atoms with Crippen molar-refractivity contribution < 1.29 is 29.4 Å². The Labute approximate surface area is 139 Å². The van der Waals surface area contributed by atoms with E-state index < -0.39 is 5.91 Å². The SMILES string of the molecule is COc1cc(O)cc(OC)c1/C=N/NC(=O)CCCCC(=O)NO. The quantitative estimate of drug-likeness (QED) is 0.229. The number of aromatic hydroxyl groups is 1. The van der Waals surface area contributed by atoms with E-state index in [4.69, 9.17) is 14.7 Å². The van der Waals surface area contributed by atoms with Gasteiger partial charge in [-0.25, -0.2) is 10.9 Å². The van der Waals surface area contributed by atoms with Crippen molar-refractivity contribution >= 4 is 18.0 Å². The zero-order valence-corrected chi connectivity index (χ0v) is 13.5. The number of phenolic OH excluding ortho intramolecular Hbond substituents is 1. The summed E-state index contributed by atoms with van der Waals surface area (Å²) in [6.45, 7) is 0. The highest BCUT2D eigenvalue weighted by Gasteiger charge is 2.10. The molecule has 24 heavy (non-hydrogen) atoms. The number of amides is 2. The Morgan fingerprint density at radius 1 is 1.12 bits per heavy atom. The topological polar surface area (TPSA) is 129 Å². The summed E-state index contributed by atoms with van der Waals surface area (Å²) < 4.78 is 10.3. The summed E-state index contributed by atoms with van der Waals surface area (Å²) in [6, 6.07) is 2.80. The second kappa shape index (κ2) is 10.1. The van der Waals surface area contributed by atoms with Gasteiger partial charge < -0.3 is 14.6 Å². The lowest BCUT2D eigenvalue weighted by Crippen LogP contribution is -2.19. The van der Waals surface area contributed by atoms with Crippen molar-refractivity contribution in [3.05, 3.63) is 17.7 Å². The van der Waals surface area contributed by atoms with Gasteiger partial charge in [0.1, 0.15) is 17.2 Å². The van der Waals surface area contributed by atoms with Crippen LogP contribution in [0.1, 0.15) is 31.2 Å². The van der Waals surface area contributed by atoms with E-state index in [9.17, 15) is 14.7 Å². The first-order chi connectivity index (χ1) is 11.5. The van der Waals surface area contributed by atoms with Gasteiger partial charge in [-0.3, -0.25) is 14.8 Å². The van der Waals surface area contributed by atoms with E-state index in [1.165, 1.54) is 38.0 Å². The van der Waals surface area contributed by atoms with E-state index in [0.29, 0.717) is 29.9 Å². The third-order valence-electron chi connectivity index (χ3n) is 3.09. The van der Waals surface area contributed by atoms with Crippen molar-refractivity contribution in [3.63, 3.8) is 0 Å².